The number of amides is 1. The molecule has 0 spiro atoms. The third-order valence-corrected chi connectivity index (χ3v) is 4.23. The van der Waals surface area contributed by atoms with Crippen molar-refractivity contribution in [2.75, 3.05) is 19.6 Å². The van der Waals surface area contributed by atoms with Crippen LogP contribution in [0.15, 0.2) is 12.1 Å². The molecule has 1 aromatic carbocycles. The molecule has 1 saturated heterocycles. The number of hydrogen-bond acceptors (Lipinski definition) is 3. The lowest BCUT2D eigenvalue weighted by atomic mass is 9.94. The molecule has 2 N–H and O–H groups in total. The number of carbonyl (C=O) groups excluding carboxylic acids is 2. The van der Waals surface area contributed by atoms with Gasteiger partial charge in [-0.1, -0.05) is 17.7 Å². The molecule has 2 rings (SSSR count). The molecule has 0 aliphatic carbocycles. The van der Waals surface area contributed by atoms with Crippen molar-refractivity contribution in [3.05, 3.63) is 34.4 Å². The fraction of sp³-hybridized carbons (Fsp3) is 0.529. The van der Waals surface area contributed by atoms with Gasteiger partial charge >= 0.3 is 0 Å². The number of aryl methyl sites for hydroxylation is 3. The number of primary amides is 1. The molecule has 1 aliphatic rings. The molecule has 1 aromatic rings. The molecule has 0 bridgehead atoms. The first-order chi connectivity index (χ1) is 9.88. The van der Waals surface area contributed by atoms with E-state index in [1.165, 1.54) is 5.56 Å². The highest BCUT2D eigenvalue weighted by molar-refractivity contribution is 6.00. The minimum atomic E-state index is -0.255. The molecule has 21 heavy (non-hydrogen) atoms. The maximum absolute atomic E-state index is 12.6. The third-order valence-electron chi connectivity index (χ3n) is 4.23. The number of Topliss-reactive ketones (excluding diaryl/α,β-unsaturated/α-hetero) is 1. The highest BCUT2D eigenvalue weighted by atomic mass is 16.1. The number of hydrogen-bond donors (Lipinski definition) is 1. The Kier molecular flexibility index (Phi) is 4.78. The topological polar surface area (TPSA) is 63.4 Å². The molecule has 1 amide bonds. The molecule has 0 aromatic heterocycles. The van der Waals surface area contributed by atoms with E-state index in [1.807, 2.05) is 32.9 Å². The predicted molar refractivity (Wildman–Crippen MR) is 83.3 cm³/mol. The number of nitrogens with zero attached hydrogens (tertiary/aromatic N) is 1. The van der Waals surface area contributed by atoms with Gasteiger partial charge in [0.15, 0.2) is 5.78 Å². The first-order valence-corrected chi connectivity index (χ1v) is 7.51. The van der Waals surface area contributed by atoms with Crippen molar-refractivity contribution in [3.63, 3.8) is 0 Å². The average Bonchev–Trinajstić information content (AvgIpc) is 2.37. The first-order valence-electron chi connectivity index (χ1n) is 7.51. The number of nitrogens with two attached hydrogens (primary N) is 1. The van der Waals surface area contributed by atoms with Crippen LogP contribution in [0.2, 0.25) is 0 Å². The van der Waals surface area contributed by atoms with Crippen LogP contribution in [-0.2, 0) is 4.79 Å². The van der Waals surface area contributed by atoms with Crippen LogP contribution in [0.1, 0.15) is 39.9 Å². The number of rotatable bonds is 4. The van der Waals surface area contributed by atoms with E-state index >= 15 is 0 Å². The fourth-order valence-corrected chi connectivity index (χ4v) is 3.33. The van der Waals surface area contributed by atoms with Gasteiger partial charge in [0.2, 0.25) is 5.91 Å². The van der Waals surface area contributed by atoms with Gasteiger partial charge < -0.3 is 5.73 Å². The summed E-state index contributed by atoms with van der Waals surface area (Å²) in [4.78, 5) is 26.0. The van der Waals surface area contributed by atoms with Crippen LogP contribution in [0.4, 0.5) is 0 Å². The van der Waals surface area contributed by atoms with E-state index in [-0.39, 0.29) is 17.6 Å². The molecule has 114 valence electrons. The quantitative estimate of drug-likeness (QED) is 0.862. The Bertz CT molecular complexity index is 543. The number of carbonyl (C=O) groups is 2. The van der Waals surface area contributed by atoms with Crippen LogP contribution in [0.3, 0.4) is 0 Å². The second-order valence-corrected chi connectivity index (χ2v) is 6.17. The summed E-state index contributed by atoms with van der Waals surface area (Å²) in [5.74, 6) is -0.239. The zero-order valence-corrected chi connectivity index (χ0v) is 13.1. The number of piperidine rings is 1. The molecular weight excluding hydrogens is 264 g/mol. The molecule has 1 heterocycles. The van der Waals surface area contributed by atoms with Crippen molar-refractivity contribution < 1.29 is 9.59 Å². The van der Waals surface area contributed by atoms with E-state index in [9.17, 15) is 9.59 Å². The monoisotopic (exact) mass is 288 g/mol. The maximum atomic E-state index is 12.6. The normalized spacial score (nSPS) is 19.5. The number of benzene rings is 1. The van der Waals surface area contributed by atoms with E-state index in [0.717, 1.165) is 36.1 Å². The summed E-state index contributed by atoms with van der Waals surface area (Å²) in [6, 6.07) is 4.09. The maximum Gasteiger partial charge on any atom is 0.221 e. The summed E-state index contributed by atoms with van der Waals surface area (Å²) < 4.78 is 0. The first kappa shape index (κ1) is 15.7. The minimum Gasteiger partial charge on any atom is -0.369 e. The number of ketones is 1. The zero-order valence-electron chi connectivity index (χ0n) is 13.1. The SMILES string of the molecule is Cc1cc(C)c(C(=O)CN2CCCC(C(N)=O)C2)c(C)c1. The molecule has 0 saturated carbocycles. The highest BCUT2D eigenvalue weighted by Gasteiger charge is 2.26. The smallest absolute Gasteiger partial charge is 0.221 e. The van der Waals surface area contributed by atoms with E-state index in [1.54, 1.807) is 0 Å². The lowest BCUT2D eigenvalue weighted by Gasteiger charge is -2.30. The third kappa shape index (κ3) is 3.70. The van der Waals surface area contributed by atoms with Gasteiger partial charge in [0.25, 0.3) is 0 Å². The Morgan fingerprint density at radius 3 is 2.43 bits per heavy atom. The second-order valence-electron chi connectivity index (χ2n) is 6.17. The van der Waals surface area contributed by atoms with Crippen LogP contribution in [0.25, 0.3) is 0 Å². The molecule has 1 unspecified atom stereocenters. The molecule has 0 radical (unpaired) electrons. The van der Waals surface area contributed by atoms with Crippen LogP contribution in [0, 0.1) is 26.7 Å². The van der Waals surface area contributed by atoms with Gasteiger partial charge in [-0.2, -0.15) is 0 Å². The molecule has 1 atom stereocenters. The van der Waals surface area contributed by atoms with E-state index in [2.05, 4.69) is 4.90 Å². The van der Waals surface area contributed by atoms with E-state index in [4.69, 9.17) is 5.73 Å². The lowest BCUT2D eigenvalue weighted by molar-refractivity contribution is -0.123. The second kappa shape index (κ2) is 6.39. The van der Waals surface area contributed by atoms with Crippen LogP contribution < -0.4 is 5.73 Å². The van der Waals surface area contributed by atoms with Gasteiger partial charge in [-0.05, 0) is 51.3 Å². The molecule has 1 aliphatic heterocycles. The van der Waals surface area contributed by atoms with Crippen molar-refractivity contribution in [2.24, 2.45) is 11.7 Å². The Morgan fingerprint density at radius 2 is 1.86 bits per heavy atom. The Morgan fingerprint density at radius 1 is 1.24 bits per heavy atom. The highest BCUT2D eigenvalue weighted by Crippen LogP contribution is 2.20. The fourth-order valence-electron chi connectivity index (χ4n) is 3.33. The predicted octanol–water partition coefficient (Wildman–Crippen LogP) is 1.99. The minimum absolute atomic E-state index is 0.119. The average molecular weight is 288 g/mol. The summed E-state index contributed by atoms with van der Waals surface area (Å²) in [6.45, 7) is 7.83. The van der Waals surface area contributed by atoms with Crippen molar-refractivity contribution in [2.45, 2.75) is 33.6 Å². The van der Waals surface area contributed by atoms with Gasteiger partial charge in [-0.25, -0.2) is 0 Å². The summed E-state index contributed by atoms with van der Waals surface area (Å²) in [7, 11) is 0. The Hall–Kier alpha value is -1.68. The Balaban J connectivity index is 2.10. The van der Waals surface area contributed by atoms with Crippen LogP contribution >= 0.6 is 0 Å². The largest absolute Gasteiger partial charge is 0.369 e. The number of likely N-dealkylation sites (tertiary alicyclic amines) is 1. The Labute approximate surface area is 126 Å². The van der Waals surface area contributed by atoms with Crippen molar-refractivity contribution >= 4 is 11.7 Å². The van der Waals surface area contributed by atoms with Crippen LogP contribution in [0.5, 0.6) is 0 Å². The molecular formula is C17H24N2O2. The summed E-state index contributed by atoms with van der Waals surface area (Å²) in [5, 5.41) is 0. The molecule has 1 fully saturated rings. The van der Waals surface area contributed by atoms with Gasteiger partial charge in [0.05, 0.1) is 12.5 Å². The van der Waals surface area contributed by atoms with Crippen LogP contribution in [-0.4, -0.2) is 36.2 Å². The standard InChI is InChI=1S/C17H24N2O2/c1-11-7-12(2)16(13(3)8-11)15(20)10-19-6-4-5-14(9-19)17(18)21/h7-8,14H,4-6,9-10H2,1-3H3,(H2,18,21). The van der Waals surface area contributed by atoms with Gasteiger partial charge in [-0.15, -0.1) is 0 Å². The van der Waals surface area contributed by atoms with Gasteiger partial charge in [-0.3, -0.25) is 14.5 Å². The van der Waals surface area contributed by atoms with Crippen molar-refractivity contribution in [1.82, 2.24) is 4.90 Å². The van der Waals surface area contributed by atoms with Crippen molar-refractivity contribution in [1.29, 1.82) is 0 Å². The lowest BCUT2D eigenvalue weighted by Crippen LogP contribution is -2.43. The zero-order chi connectivity index (χ0) is 15.6. The molecule has 4 heteroatoms. The summed E-state index contributed by atoms with van der Waals surface area (Å²) >= 11 is 0. The van der Waals surface area contributed by atoms with E-state index < -0.39 is 0 Å². The summed E-state index contributed by atoms with van der Waals surface area (Å²) in [5.41, 5.74) is 9.44. The summed E-state index contributed by atoms with van der Waals surface area (Å²) in [6.07, 6.45) is 1.76. The van der Waals surface area contributed by atoms with E-state index in [0.29, 0.717) is 13.1 Å². The van der Waals surface area contributed by atoms with Gasteiger partial charge in [0.1, 0.15) is 0 Å². The van der Waals surface area contributed by atoms with Crippen molar-refractivity contribution in [3.8, 4) is 0 Å². The van der Waals surface area contributed by atoms with Gasteiger partial charge in [0, 0.05) is 12.1 Å². The molecule has 4 nitrogen and oxygen atoms in total.